The standard InChI is InChI=1S/C24H24N2O4/c27-22(11-6-16-26-23(28)20-9-4-5-10-21(20)24(26)29)25-17-12-14-19(15-13-17)30-18-7-2-1-3-8-18/h1-5,7-8,12-15,20-21H,6,9-11,16H2,(H,25,27)/t20-,21+. The molecule has 1 aliphatic heterocycles. The minimum absolute atomic E-state index is 0.0937. The second-order valence-corrected chi connectivity index (χ2v) is 7.58. The molecule has 6 nitrogen and oxygen atoms in total. The molecule has 1 aliphatic carbocycles. The number of carbonyl (C=O) groups excluding carboxylic acids is 3. The van der Waals surface area contributed by atoms with Gasteiger partial charge in [-0.3, -0.25) is 19.3 Å². The van der Waals surface area contributed by atoms with E-state index in [2.05, 4.69) is 5.32 Å². The zero-order valence-corrected chi connectivity index (χ0v) is 16.6. The van der Waals surface area contributed by atoms with Gasteiger partial charge in [-0.2, -0.15) is 0 Å². The number of nitrogens with zero attached hydrogens (tertiary/aromatic N) is 1. The first kappa shape index (κ1) is 19.9. The maximum Gasteiger partial charge on any atom is 0.233 e. The van der Waals surface area contributed by atoms with Crippen LogP contribution in [0.4, 0.5) is 5.69 Å². The van der Waals surface area contributed by atoms with Crippen LogP contribution in [0.2, 0.25) is 0 Å². The van der Waals surface area contributed by atoms with E-state index in [1.807, 2.05) is 42.5 Å². The average Bonchev–Trinajstić information content (AvgIpc) is 3.01. The van der Waals surface area contributed by atoms with E-state index in [9.17, 15) is 14.4 Å². The molecule has 0 saturated carbocycles. The number of imide groups is 1. The Bertz CT molecular complexity index is 927. The number of amides is 3. The third-order valence-corrected chi connectivity index (χ3v) is 5.50. The summed E-state index contributed by atoms with van der Waals surface area (Å²) in [5.41, 5.74) is 0.672. The van der Waals surface area contributed by atoms with E-state index >= 15 is 0 Å². The fourth-order valence-corrected chi connectivity index (χ4v) is 3.94. The number of fused-ring (bicyclic) bond motifs is 1. The fourth-order valence-electron chi connectivity index (χ4n) is 3.94. The molecule has 0 unspecified atom stereocenters. The monoisotopic (exact) mass is 404 g/mol. The highest BCUT2D eigenvalue weighted by molar-refractivity contribution is 6.05. The molecule has 1 saturated heterocycles. The predicted octanol–water partition coefficient (Wildman–Crippen LogP) is 4.15. The molecule has 154 valence electrons. The molecule has 1 heterocycles. The summed E-state index contributed by atoms with van der Waals surface area (Å²) in [7, 11) is 0. The molecule has 2 aromatic rings. The highest BCUT2D eigenvalue weighted by atomic mass is 16.5. The summed E-state index contributed by atoms with van der Waals surface area (Å²) in [4.78, 5) is 38.5. The van der Waals surface area contributed by atoms with Crippen molar-refractivity contribution >= 4 is 23.4 Å². The summed E-state index contributed by atoms with van der Waals surface area (Å²) in [6.07, 6.45) is 5.91. The maximum absolute atomic E-state index is 12.4. The highest BCUT2D eigenvalue weighted by Crippen LogP contribution is 2.35. The van der Waals surface area contributed by atoms with Gasteiger partial charge < -0.3 is 10.1 Å². The quantitative estimate of drug-likeness (QED) is 0.556. The van der Waals surface area contributed by atoms with Crippen LogP contribution in [0.25, 0.3) is 0 Å². The summed E-state index contributed by atoms with van der Waals surface area (Å²) in [5.74, 6) is 0.662. The van der Waals surface area contributed by atoms with Crippen molar-refractivity contribution in [2.45, 2.75) is 25.7 Å². The van der Waals surface area contributed by atoms with Gasteiger partial charge >= 0.3 is 0 Å². The van der Waals surface area contributed by atoms with Crippen molar-refractivity contribution in [1.29, 1.82) is 0 Å². The van der Waals surface area contributed by atoms with Gasteiger partial charge in [-0.25, -0.2) is 0 Å². The Morgan fingerprint density at radius 3 is 2.13 bits per heavy atom. The van der Waals surface area contributed by atoms with Crippen molar-refractivity contribution in [3.05, 3.63) is 66.7 Å². The third-order valence-electron chi connectivity index (χ3n) is 5.50. The van der Waals surface area contributed by atoms with Crippen molar-refractivity contribution in [1.82, 2.24) is 4.90 Å². The number of rotatable bonds is 7. The Morgan fingerprint density at radius 2 is 1.50 bits per heavy atom. The van der Waals surface area contributed by atoms with Crippen LogP contribution in [0.1, 0.15) is 25.7 Å². The van der Waals surface area contributed by atoms with Crippen LogP contribution < -0.4 is 10.1 Å². The summed E-state index contributed by atoms with van der Waals surface area (Å²) in [5, 5.41) is 2.84. The van der Waals surface area contributed by atoms with Gasteiger partial charge in [0.25, 0.3) is 0 Å². The number of benzene rings is 2. The maximum atomic E-state index is 12.4. The molecule has 6 heteroatoms. The van der Waals surface area contributed by atoms with Gasteiger partial charge in [-0.15, -0.1) is 0 Å². The first-order chi connectivity index (χ1) is 14.6. The second kappa shape index (κ2) is 8.95. The molecule has 0 spiro atoms. The van der Waals surface area contributed by atoms with Crippen LogP contribution in [0.5, 0.6) is 11.5 Å². The zero-order valence-electron chi connectivity index (χ0n) is 16.6. The molecular formula is C24H24N2O4. The number of hydrogen-bond acceptors (Lipinski definition) is 4. The third kappa shape index (κ3) is 4.43. The molecular weight excluding hydrogens is 380 g/mol. The van der Waals surface area contributed by atoms with Gasteiger partial charge in [0.2, 0.25) is 17.7 Å². The average molecular weight is 404 g/mol. The molecule has 2 aromatic carbocycles. The number of nitrogens with one attached hydrogen (secondary N) is 1. The molecule has 2 aliphatic rings. The molecule has 2 atom stereocenters. The molecule has 1 fully saturated rings. The van der Waals surface area contributed by atoms with Crippen LogP contribution in [0, 0.1) is 11.8 Å². The first-order valence-corrected chi connectivity index (χ1v) is 10.2. The van der Waals surface area contributed by atoms with Crippen LogP contribution in [-0.4, -0.2) is 29.2 Å². The van der Waals surface area contributed by atoms with Crippen molar-refractivity contribution in [2.75, 3.05) is 11.9 Å². The van der Waals surface area contributed by atoms with Crippen LogP contribution in [-0.2, 0) is 14.4 Å². The van der Waals surface area contributed by atoms with E-state index < -0.39 is 0 Å². The van der Waals surface area contributed by atoms with Crippen molar-refractivity contribution < 1.29 is 19.1 Å². The fraction of sp³-hybridized carbons (Fsp3) is 0.292. The van der Waals surface area contributed by atoms with Gasteiger partial charge in [-0.1, -0.05) is 30.4 Å². The number of carbonyl (C=O) groups is 3. The Kier molecular flexibility index (Phi) is 5.93. The minimum atomic E-state index is -0.215. The van der Waals surface area contributed by atoms with Gasteiger partial charge in [0.15, 0.2) is 0 Å². The van der Waals surface area contributed by atoms with E-state index in [0.29, 0.717) is 37.2 Å². The number of para-hydroxylation sites is 1. The molecule has 30 heavy (non-hydrogen) atoms. The molecule has 0 aromatic heterocycles. The van der Waals surface area contributed by atoms with Gasteiger partial charge in [-0.05, 0) is 55.7 Å². The Balaban J connectivity index is 1.23. The lowest BCUT2D eigenvalue weighted by molar-refractivity contribution is -0.140. The number of likely N-dealkylation sites (tertiary alicyclic amines) is 1. The summed E-state index contributed by atoms with van der Waals surface area (Å²) >= 11 is 0. The Hall–Kier alpha value is -3.41. The van der Waals surface area contributed by atoms with E-state index in [4.69, 9.17) is 4.74 Å². The van der Waals surface area contributed by atoms with Crippen molar-refractivity contribution in [3.63, 3.8) is 0 Å². The normalized spacial score (nSPS) is 20.2. The second-order valence-electron chi connectivity index (χ2n) is 7.58. The smallest absolute Gasteiger partial charge is 0.233 e. The van der Waals surface area contributed by atoms with Gasteiger partial charge in [0.05, 0.1) is 11.8 Å². The Morgan fingerprint density at radius 1 is 0.900 bits per heavy atom. The van der Waals surface area contributed by atoms with E-state index in [-0.39, 0.29) is 36.0 Å². The lowest BCUT2D eigenvalue weighted by Gasteiger charge is -2.14. The summed E-state index contributed by atoms with van der Waals surface area (Å²) in [6.45, 7) is 0.294. The number of anilines is 1. The topological polar surface area (TPSA) is 75.7 Å². The lowest BCUT2D eigenvalue weighted by atomic mass is 9.85. The lowest BCUT2D eigenvalue weighted by Crippen LogP contribution is -2.32. The number of ether oxygens (including phenoxy) is 1. The van der Waals surface area contributed by atoms with Gasteiger partial charge in [0.1, 0.15) is 11.5 Å². The van der Waals surface area contributed by atoms with Crippen LogP contribution in [0.3, 0.4) is 0 Å². The van der Waals surface area contributed by atoms with E-state index in [1.54, 1.807) is 24.3 Å². The minimum Gasteiger partial charge on any atom is -0.457 e. The molecule has 1 N–H and O–H groups in total. The molecule has 4 rings (SSSR count). The largest absolute Gasteiger partial charge is 0.457 e. The SMILES string of the molecule is O=C(CCCN1C(=O)[C@H]2CC=CC[C@H]2C1=O)Nc1ccc(Oc2ccccc2)cc1. The Labute approximate surface area is 175 Å². The number of allylic oxidation sites excluding steroid dienone is 2. The summed E-state index contributed by atoms with van der Waals surface area (Å²) < 4.78 is 5.73. The predicted molar refractivity (Wildman–Crippen MR) is 113 cm³/mol. The van der Waals surface area contributed by atoms with E-state index in [1.165, 1.54) is 4.90 Å². The summed E-state index contributed by atoms with van der Waals surface area (Å²) in [6, 6.07) is 16.6. The number of hydrogen-bond donors (Lipinski definition) is 1. The zero-order chi connectivity index (χ0) is 20.9. The molecule has 0 bridgehead atoms. The molecule has 0 radical (unpaired) electrons. The van der Waals surface area contributed by atoms with Crippen LogP contribution >= 0.6 is 0 Å². The van der Waals surface area contributed by atoms with Crippen LogP contribution in [0.15, 0.2) is 66.7 Å². The highest BCUT2D eigenvalue weighted by Gasteiger charge is 2.46. The van der Waals surface area contributed by atoms with Gasteiger partial charge in [0, 0.05) is 18.7 Å². The molecule has 3 amide bonds. The van der Waals surface area contributed by atoms with E-state index in [0.717, 1.165) is 5.75 Å². The van der Waals surface area contributed by atoms with Crippen molar-refractivity contribution in [3.8, 4) is 11.5 Å². The first-order valence-electron chi connectivity index (χ1n) is 10.2. The van der Waals surface area contributed by atoms with Crippen molar-refractivity contribution in [2.24, 2.45) is 11.8 Å².